The maximum atomic E-state index is 11.5. The molecule has 2 heteroatoms. The minimum absolute atomic E-state index is 0.254. The number of hydroxylamine groups is 2. The van der Waals surface area contributed by atoms with E-state index in [1.165, 1.54) is 19.0 Å². The maximum Gasteiger partial charge on any atom is 0.0968 e. The largest absolute Gasteiger partial charge is 0.629 e. The fourth-order valence-electron chi connectivity index (χ4n) is 2.54. The molecule has 0 aliphatic heterocycles. The summed E-state index contributed by atoms with van der Waals surface area (Å²) >= 11 is 0. The molecule has 4 unspecified atom stereocenters. The topological polar surface area (TPSA) is 27.5 Å². The van der Waals surface area contributed by atoms with Gasteiger partial charge in [-0.15, -0.1) is 0 Å². The van der Waals surface area contributed by atoms with Crippen molar-refractivity contribution in [3.05, 3.63) is 18.0 Å². The first-order chi connectivity index (χ1) is 6.06. The molecule has 1 fully saturated rings. The van der Waals surface area contributed by atoms with Gasteiger partial charge in [0.15, 0.2) is 0 Å². The lowest BCUT2D eigenvalue weighted by Gasteiger charge is -2.47. The van der Waals surface area contributed by atoms with Gasteiger partial charge >= 0.3 is 0 Å². The summed E-state index contributed by atoms with van der Waals surface area (Å²) in [5, 5.41) is 11.7. The van der Waals surface area contributed by atoms with Gasteiger partial charge < -0.3 is 10.3 Å². The monoisotopic (exact) mass is 183 g/mol. The molecule has 0 aromatic carbocycles. The van der Waals surface area contributed by atoms with Crippen LogP contribution < -0.4 is 5.06 Å². The molecule has 4 atom stereocenters. The van der Waals surface area contributed by atoms with E-state index >= 15 is 0 Å². The molecule has 0 heterocycles. The average Bonchev–Trinajstić information content (AvgIpc) is 2.02. The normalized spacial score (nSPS) is 35.6. The summed E-state index contributed by atoms with van der Waals surface area (Å²) in [6.07, 6.45) is 3.91. The van der Waals surface area contributed by atoms with Gasteiger partial charge in [-0.2, -0.15) is 0 Å². The molecule has 0 bridgehead atoms. The van der Waals surface area contributed by atoms with Crippen molar-refractivity contribution in [3.63, 3.8) is 0 Å². The second-order valence-electron chi connectivity index (χ2n) is 4.73. The molecule has 1 N–H and O–H groups in total. The highest BCUT2D eigenvalue weighted by molar-refractivity contribution is 4.88. The quantitative estimate of drug-likeness (QED) is 0.658. The minimum Gasteiger partial charge on any atom is -0.629 e. The van der Waals surface area contributed by atoms with Crippen LogP contribution in [-0.2, 0) is 0 Å². The van der Waals surface area contributed by atoms with Crippen molar-refractivity contribution in [2.45, 2.75) is 39.7 Å². The van der Waals surface area contributed by atoms with Crippen molar-refractivity contribution in [1.82, 2.24) is 0 Å². The van der Waals surface area contributed by atoms with Crippen LogP contribution in [0.15, 0.2) is 12.8 Å². The lowest BCUT2D eigenvalue weighted by Crippen LogP contribution is -3.10. The summed E-state index contributed by atoms with van der Waals surface area (Å²) in [5.41, 5.74) is 0. The summed E-state index contributed by atoms with van der Waals surface area (Å²) in [6, 6.07) is 0.278. The lowest BCUT2D eigenvalue weighted by atomic mass is 9.67. The molecule has 0 radical (unpaired) electrons. The zero-order chi connectivity index (χ0) is 10.0. The van der Waals surface area contributed by atoms with Crippen molar-refractivity contribution in [1.29, 1.82) is 0 Å². The number of hydrogen-bond donors (Lipinski definition) is 1. The van der Waals surface area contributed by atoms with Gasteiger partial charge in [0.1, 0.15) is 0 Å². The van der Waals surface area contributed by atoms with Crippen LogP contribution in [-0.4, -0.2) is 6.04 Å². The Kier molecular flexibility index (Phi) is 3.51. The Hall–Kier alpha value is -0.340. The highest BCUT2D eigenvalue weighted by Gasteiger charge is 2.42. The number of nitrogens with one attached hydrogen (secondary N) is 1. The van der Waals surface area contributed by atoms with Crippen LogP contribution in [0.3, 0.4) is 0 Å². The summed E-state index contributed by atoms with van der Waals surface area (Å²) in [6.45, 7) is 10.2. The Morgan fingerprint density at radius 2 is 2.23 bits per heavy atom. The van der Waals surface area contributed by atoms with Crippen LogP contribution in [0.4, 0.5) is 0 Å². The molecular formula is C11H21NO. The zero-order valence-electron chi connectivity index (χ0n) is 8.92. The van der Waals surface area contributed by atoms with Gasteiger partial charge in [-0.25, -0.2) is 0 Å². The zero-order valence-corrected chi connectivity index (χ0v) is 8.92. The Bertz CT molecular complexity index is 179. The van der Waals surface area contributed by atoms with E-state index in [9.17, 15) is 5.21 Å². The van der Waals surface area contributed by atoms with Crippen LogP contribution in [0.5, 0.6) is 0 Å². The third kappa shape index (κ3) is 2.32. The highest BCUT2D eigenvalue weighted by atomic mass is 16.5. The number of rotatable bonds is 4. The van der Waals surface area contributed by atoms with Crippen LogP contribution in [0, 0.1) is 23.0 Å². The average molecular weight is 183 g/mol. The Balaban J connectivity index is 2.45. The van der Waals surface area contributed by atoms with E-state index in [0.717, 1.165) is 0 Å². The molecular weight excluding hydrogens is 162 g/mol. The lowest BCUT2D eigenvalue weighted by molar-refractivity contribution is -0.840. The molecule has 2 nitrogen and oxygen atoms in total. The fraction of sp³-hybridized carbons (Fsp3) is 0.818. The van der Waals surface area contributed by atoms with E-state index in [0.29, 0.717) is 17.8 Å². The van der Waals surface area contributed by atoms with Gasteiger partial charge in [0, 0.05) is 11.8 Å². The van der Waals surface area contributed by atoms with Crippen molar-refractivity contribution in [2.75, 3.05) is 0 Å². The molecule has 76 valence electrons. The van der Waals surface area contributed by atoms with Crippen LogP contribution in [0.2, 0.25) is 0 Å². The molecule has 1 aliphatic carbocycles. The standard InChI is InChI=1S/C11H21NO/c1-5-12(13)11-9(4)7-10(11)6-8(2)3/h5,8-12H,1,6-7H2,2-4H3. The van der Waals surface area contributed by atoms with Gasteiger partial charge in [0.2, 0.25) is 0 Å². The summed E-state index contributed by atoms with van der Waals surface area (Å²) in [5.74, 6) is 1.91. The molecule has 1 rings (SSSR count). The van der Waals surface area contributed by atoms with E-state index in [-0.39, 0.29) is 11.1 Å². The molecule has 13 heavy (non-hydrogen) atoms. The van der Waals surface area contributed by atoms with E-state index in [2.05, 4.69) is 27.4 Å². The van der Waals surface area contributed by atoms with E-state index < -0.39 is 0 Å². The van der Waals surface area contributed by atoms with Gasteiger partial charge in [-0.1, -0.05) is 20.8 Å². The van der Waals surface area contributed by atoms with Gasteiger partial charge in [0.05, 0.1) is 12.2 Å². The first-order valence-corrected chi connectivity index (χ1v) is 5.22. The van der Waals surface area contributed by atoms with E-state index in [1.807, 2.05) is 0 Å². The molecule has 0 saturated heterocycles. The molecule has 1 saturated carbocycles. The summed E-state index contributed by atoms with van der Waals surface area (Å²) in [4.78, 5) is 0. The summed E-state index contributed by atoms with van der Waals surface area (Å²) in [7, 11) is 0. The third-order valence-electron chi connectivity index (χ3n) is 3.10. The maximum absolute atomic E-state index is 11.5. The molecule has 0 amide bonds. The summed E-state index contributed by atoms with van der Waals surface area (Å²) < 4.78 is 0. The van der Waals surface area contributed by atoms with Gasteiger partial charge in [-0.05, 0) is 25.3 Å². The molecule has 1 aliphatic rings. The first kappa shape index (κ1) is 10.7. The van der Waals surface area contributed by atoms with E-state index in [4.69, 9.17) is 0 Å². The van der Waals surface area contributed by atoms with Crippen LogP contribution in [0.25, 0.3) is 0 Å². The Morgan fingerprint density at radius 3 is 2.62 bits per heavy atom. The SMILES string of the molecule is C=C[NH+]([O-])C1C(C)CC1CC(C)C. The fourth-order valence-corrected chi connectivity index (χ4v) is 2.54. The first-order valence-electron chi connectivity index (χ1n) is 5.22. The predicted molar refractivity (Wildman–Crippen MR) is 55.0 cm³/mol. The highest BCUT2D eigenvalue weighted by Crippen LogP contribution is 2.36. The van der Waals surface area contributed by atoms with Crippen molar-refractivity contribution in [2.24, 2.45) is 17.8 Å². The second-order valence-corrected chi connectivity index (χ2v) is 4.73. The van der Waals surface area contributed by atoms with Crippen LogP contribution >= 0.6 is 0 Å². The van der Waals surface area contributed by atoms with Crippen molar-refractivity contribution >= 4 is 0 Å². The van der Waals surface area contributed by atoms with Gasteiger partial charge in [-0.3, -0.25) is 0 Å². The Labute approximate surface area is 81.2 Å². The smallest absolute Gasteiger partial charge is 0.0968 e. The number of quaternary nitrogens is 1. The Morgan fingerprint density at radius 1 is 1.62 bits per heavy atom. The van der Waals surface area contributed by atoms with Crippen LogP contribution in [0.1, 0.15) is 33.6 Å². The predicted octanol–water partition coefficient (Wildman–Crippen LogP) is 1.58. The number of hydrogen-bond acceptors (Lipinski definition) is 1. The van der Waals surface area contributed by atoms with Gasteiger partial charge in [0.25, 0.3) is 0 Å². The molecule has 0 aromatic rings. The molecule has 0 aromatic heterocycles. The minimum atomic E-state index is 0.254. The van der Waals surface area contributed by atoms with Crippen molar-refractivity contribution in [3.8, 4) is 0 Å². The van der Waals surface area contributed by atoms with E-state index in [1.54, 1.807) is 0 Å². The second kappa shape index (κ2) is 4.25. The van der Waals surface area contributed by atoms with Crippen molar-refractivity contribution < 1.29 is 5.06 Å². The molecule has 0 spiro atoms. The third-order valence-corrected chi connectivity index (χ3v) is 3.10.